The van der Waals surface area contributed by atoms with Gasteiger partial charge < -0.3 is 10.4 Å². The van der Waals surface area contributed by atoms with Gasteiger partial charge in [0.2, 0.25) is 5.91 Å². The third kappa shape index (κ3) is 4.47. The van der Waals surface area contributed by atoms with E-state index in [0.29, 0.717) is 6.54 Å². The van der Waals surface area contributed by atoms with Gasteiger partial charge in [-0.2, -0.15) is 0 Å². The largest absolute Gasteiger partial charge is 0.392 e. The maximum atomic E-state index is 13.1. The minimum Gasteiger partial charge on any atom is -0.392 e. The molecule has 1 fully saturated rings. The number of hydrogen-bond donors (Lipinski definition) is 2. The van der Waals surface area contributed by atoms with E-state index >= 15 is 0 Å². The van der Waals surface area contributed by atoms with E-state index in [1.165, 1.54) is 0 Å². The number of anilines is 1. The van der Waals surface area contributed by atoms with Crippen molar-refractivity contribution in [2.45, 2.75) is 38.8 Å². The summed E-state index contributed by atoms with van der Waals surface area (Å²) in [6, 6.07) is 15.5. The summed E-state index contributed by atoms with van der Waals surface area (Å²) in [6.07, 6.45) is 1.34. The third-order valence-corrected chi connectivity index (χ3v) is 4.65. The van der Waals surface area contributed by atoms with Crippen molar-refractivity contribution < 1.29 is 9.90 Å². The number of aliphatic hydroxyl groups excluding tert-OH is 1. The molecule has 0 aliphatic carbocycles. The molecule has 3 rings (SSSR count). The highest BCUT2D eigenvalue weighted by Crippen LogP contribution is 2.27. The second-order valence-corrected chi connectivity index (χ2v) is 6.97. The second kappa shape index (κ2) is 7.81. The molecule has 2 atom stereocenters. The number of carbonyl (C=O) groups is 1. The van der Waals surface area contributed by atoms with Gasteiger partial charge in [0.1, 0.15) is 6.04 Å². The van der Waals surface area contributed by atoms with Crippen LogP contribution in [-0.2, 0) is 4.79 Å². The molecule has 2 unspecified atom stereocenters. The number of amides is 1. The molecular weight excluding hydrogens is 312 g/mol. The maximum Gasteiger partial charge on any atom is 0.246 e. The number of aryl methyl sites for hydroxylation is 2. The van der Waals surface area contributed by atoms with Crippen LogP contribution in [-0.4, -0.2) is 35.1 Å². The molecule has 2 N–H and O–H groups in total. The van der Waals surface area contributed by atoms with Gasteiger partial charge in [0.15, 0.2) is 0 Å². The van der Waals surface area contributed by atoms with Crippen LogP contribution in [0, 0.1) is 13.8 Å². The van der Waals surface area contributed by atoms with Crippen molar-refractivity contribution in [3.05, 3.63) is 65.2 Å². The number of rotatable bonds is 4. The Morgan fingerprint density at radius 3 is 2.48 bits per heavy atom. The van der Waals surface area contributed by atoms with Gasteiger partial charge in [0, 0.05) is 12.2 Å². The van der Waals surface area contributed by atoms with Crippen molar-refractivity contribution >= 4 is 11.6 Å². The number of β-amino-alcohol motifs (C(OH)–C–C–N with tert-alkyl or cyclic N) is 1. The fraction of sp³-hybridized carbons (Fsp3) is 0.381. The van der Waals surface area contributed by atoms with E-state index in [1.807, 2.05) is 56.3 Å². The van der Waals surface area contributed by atoms with Crippen LogP contribution in [0.1, 0.15) is 35.6 Å². The van der Waals surface area contributed by atoms with Crippen LogP contribution in [0.5, 0.6) is 0 Å². The van der Waals surface area contributed by atoms with Crippen LogP contribution < -0.4 is 5.32 Å². The fourth-order valence-corrected chi connectivity index (χ4v) is 3.64. The molecule has 0 radical (unpaired) electrons. The molecule has 1 amide bonds. The average molecular weight is 338 g/mol. The van der Waals surface area contributed by atoms with Gasteiger partial charge in [-0.3, -0.25) is 9.69 Å². The molecule has 1 heterocycles. The van der Waals surface area contributed by atoms with E-state index in [0.717, 1.165) is 41.8 Å². The van der Waals surface area contributed by atoms with Gasteiger partial charge in [0.05, 0.1) is 6.10 Å². The summed E-state index contributed by atoms with van der Waals surface area (Å²) in [5.74, 6) is -0.0506. The molecule has 1 aliphatic rings. The molecule has 2 aromatic rings. The Balaban J connectivity index is 1.86. The van der Waals surface area contributed by atoms with Crippen LogP contribution in [0.4, 0.5) is 5.69 Å². The number of hydrogen-bond acceptors (Lipinski definition) is 3. The molecule has 0 aromatic heterocycles. The van der Waals surface area contributed by atoms with Gasteiger partial charge in [-0.25, -0.2) is 0 Å². The lowest BCUT2D eigenvalue weighted by Gasteiger charge is -2.36. The molecule has 1 aliphatic heterocycles. The van der Waals surface area contributed by atoms with Crippen LogP contribution in [0.15, 0.2) is 48.5 Å². The molecule has 0 bridgehead atoms. The van der Waals surface area contributed by atoms with Crippen molar-refractivity contribution in [1.82, 2.24) is 4.90 Å². The van der Waals surface area contributed by atoms with Gasteiger partial charge in [-0.05, 0) is 62.1 Å². The molecule has 4 heteroatoms. The number of nitrogens with zero attached hydrogens (tertiary/aromatic N) is 1. The molecule has 0 saturated carbocycles. The van der Waals surface area contributed by atoms with Crippen molar-refractivity contribution in [2.75, 3.05) is 18.4 Å². The van der Waals surface area contributed by atoms with E-state index in [4.69, 9.17) is 0 Å². The lowest BCUT2D eigenvalue weighted by atomic mass is 9.99. The van der Waals surface area contributed by atoms with Crippen LogP contribution in [0.25, 0.3) is 0 Å². The SMILES string of the molecule is Cc1cc(C)cc(NC(=O)C(c2ccccc2)N2CCCC(O)C2)c1. The van der Waals surface area contributed by atoms with Crippen LogP contribution in [0.3, 0.4) is 0 Å². The van der Waals surface area contributed by atoms with E-state index < -0.39 is 6.04 Å². The first kappa shape index (κ1) is 17.6. The zero-order valence-electron chi connectivity index (χ0n) is 14.9. The number of nitrogens with one attached hydrogen (secondary N) is 1. The zero-order valence-corrected chi connectivity index (χ0v) is 14.9. The summed E-state index contributed by atoms with van der Waals surface area (Å²) in [7, 11) is 0. The number of aliphatic hydroxyl groups is 1. The van der Waals surface area contributed by atoms with E-state index in [2.05, 4.69) is 16.3 Å². The van der Waals surface area contributed by atoms with Gasteiger partial charge >= 0.3 is 0 Å². The normalized spacial score (nSPS) is 19.4. The monoisotopic (exact) mass is 338 g/mol. The Hall–Kier alpha value is -2.17. The quantitative estimate of drug-likeness (QED) is 0.898. The average Bonchev–Trinajstić information content (AvgIpc) is 2.55. The predicted octanol–water partition coefficient (Wildman–Crippen LogP) is 3.44. The van der Waals surface area contributed by atoms with Crippen molar-refractivity contribution in [1.29, 1.82) is 0 Å². The number of benzene rings is 2. The molecule has 2 aromatic carbocycles. The van der Waals surface area contributed by atoms with E-state index in [1.54, 1.807) is 0 Å². The first-order valence-electron chi connectivity index (χ1n) is 8.89. The summed E-state index contributed by atoms with van der Waals surface area (Å²) in [6.45, 7) is 5.40. The van der Waals surface area contributed by atoms with E-state index in [9.17, 15) is 9.90 Å². The Morgan fingerprint density at radius 1 is 1.16 bits per heavy atom. The van der Waals surface area contributed by atoms with E-state index in [-0.39, 0.29) is 12.0 Å². The summed E-state index contributed by atoms with van der Waals surface area (Å²) < 4.78 is 0. The first-order chi connectivity index (χ1) is 12.0. The lowest BCUT2D eigenvalue weighted by molar-refractivity contribution is -0.122. The third-order valence-electron chi connectivity index (χ3n) is 4.65. The van der Waals surface area contributed by atoms with Crippen LogP contribution >= 0.6 is 0 Å². The molecule has 25 heavy (non-hydrogen) atoms. The number of piperidine rings is 1. The standard InChI is InChI=1S/C21H26N2O2/c1-15-11-16(2)13-18(12-15)22-21(25)20(17-7-4-3-5-8-17)23-10-6-9-19(24)14-23/h3-5,7-8,11-13,19-20,24H,6,9-10,14H2,1-2H3,(H,22,25). The summed E-state index contributed by atoms with van der Waals surface area (Å²) in [5.41, 5.74) is 4.03. The van der Waals surface area contributed by atoms with Crippen molar-refractivity contribution in [2.24, 2.45) is 0 Å². The summed E-state index contributed by atoms with van der Waals surface area (Å²) in [5, 5.41) is 13.1. The Bertz CT molecular complexity index is 710. The number of carbonyl (C=O) groups excluding carboxylic acids is 1. The molecule has 1 saturated heterocycles. The minimum absolute atomic E-state index is 0.0506. The molecule has 4 nitrogen and oxygen atoms in total. The maximum absolute atomic E-state index is 13.1. The smallest absolute Gasteiger partial charge is 0.246 e. The Morgan fingerprint density at radius 2 is 1.84 bits per heavy atom. The molecule has 0 spiro atoms. The highest BCUT2D eigenvalue weighted by molar-refractivity contribution is 5.95. The number of likely N-dealkylation sites (tertiary alicyclic amines) is 1. The minimum atomic E-state index is -0.392. The predicted molar refractivity (Wildman–Crippen MR) is 101 cm³/mol. The highest BCUT2D eigenvalue weighted by atomic mass is 16.3. The highest BCUT2D eigenvalue weighted by Gasteiger charge is 2.31. The summed E-state index contributed by atoms with van der Waals surface area (Å²) >= 11 is 0. The van der Waals surface area contributed by atoms with Crippen molar-refractivity contribution in [3.8, 4) is 0 Å². The van der Waals surface area contributed by atoms with Crippen molar-refractivity contribution in [3.63, 3.8) is 0 Å². The topological polar surface area (TPSA) is 52.6 Å². The first-order valence-corrected chi connectivity index (χ1v) is 8.89. The second-order valence-electron chi connectivity index (χ2n) is 6.97. The van der Waals surface area contributed by atoms with Gasteiger partial charge in [0.25, 0.3) is 0 Å². The zero-order chi connectivity index (χ0) is 17.8. The lowest BCUT2D eigenvalue weighted by Crippen LogP contribution is -2.44. The Labute approximate surface area is 149 Å². The molecular formula is C21H26N2O2. The fourth-order valence-electron chi connectivity index (χ4n) is 3.64. The van der Waals surface area contributed by atoms with Gasteiger partial charge in [-0.1, -0.05) is 36.4 Å². The summed E-state index contributed by atoms with van der Waals surface area (Å²) in [4.78, 5) is 15.2. The van der Waals surface area contributed by atoms with Crippen LogP contribution in [0.2, 0.25) is 0 Å². The van der Waals surface area contributed by atoms with Gasteiger partial charge in [-0.15, -0.1) is 0 Å². The molecule has 132 valence electrons. The Kier molecular flexibility index (Phi) is 5.51.